The van der Waals surface area contributed by atoms with Crippen molar-refractivity contribution in [3.8, 4) is 22.5 Å². The summed E-state index contributed by atoms with van der Waals surface area (Å²) in [4.78, 5) is 27.4. The van der Waals surface area contributed by atoms with Crippen LogP contribution < -0.4 is 0 Å². The van der Waals surface area contributed by atoms with E-state index in [0.717, 1.165) is 45.9 Å². The molecule has 0 bridgehead atoms. The van der Waals surface area contributed by atoms with E-state index in [9.17, 15) is 9.59 Å². The van der Waals surface area contributed by atoms with Gasteiger partial charge in [-0.1, -0.05) is 75.7 Å². The number of nitrogens with one attached hydrogen (secondary N) is 1. The van der Waals surface area contributed by atoms with Gasteiger partial charge in [0.1, 0.15) is 6.04 Å². The fourth-order valence-corrected chi connectivity index (χ4v) is 4.56. The fraction of sp³-hybridized carbons (Fsp3) is 0.345. The monoisotopic (exact) mass is 499 g/mol. The summed E-state index contributed by atoms with van der Waals surface area (Å²) in [5.74, 6) is 0.0977. The average molecular weight is 500 g/mol. The highest BCUT2D eigenvalue weighted by molar-refractivity contribution is 5.88. The molecule has 3 aromatic carbocycles. The fourth-order valence-electron chi connectivity index (χ4n) is 4.56. The first-order valence-electron chi connectivity index (χ1n) is 12.7. The highest BCUT2D eigenvalue weighted by Gasteiger charge is 2.33. The van der Waals surface area contributed by atoms with Crippen molar-refractivity contribution in [2.24, 2.45) is 5.92 Å². The molecule has 8 heteroatoms. The summed E-state index contributed by atoms with van der Waals surface area (Å²) in [7, 11) is 1.37. The molecule has 4 aromatic rings. The van der Waals surface area contributed by atoms with E-state index in [4.69, 9.17) is 4.74 Å². The van der Waals surface area contributed by atoms with Gasteiger partial charge >= 0.3 is 5.97 Å². The molecule has 0 saturated carbocycles. The van der Waals surface area contributed by atoms with Crippen LogP contribution in [-0.4, -0.2) is 50.6 Å². The molecule has 1 atom stereocenters. The zero-order chi connectivity index (χ0) is 26.4. The Morgan fingerprint density at radius 2 is 1.62 bits per heavy atom. The molecule has 1 amide bonds. The van der Waals surface area contributed by atoms with Gasteiger partial charge in [0.05, 0.1) is 7.11 Å². The second kappa shape index (κ2) is 11.8. The van der Waals surface area contributed by atoms with Crippen molar-refractivity contribution in [3.05, 3.63) is 66.2 Å². The minimum Gasteiger partial charge on any atom is -0.467 e. The molecular weight excluding hydrogens is 466 g/mol. The summed E-state index contributed by atoms with van der Waals surface area (Å²) in [6, 6.07) is 19.9. The molecule has 0 radical (unpaired) electrons. The Morgan fingerprint density at radius 1 is 0.946 bits per heavy atom. The number of hydrogen-bond donors (Lipinski definition) is 1. The van der Waals surface area contributed by atoms with Crippen LogP contribution in [0.4, 0.5) is 0 Å². The SMILES string of the molecule is CCCCC(=O)N(Cc1ccc2cc(-c3ccc(-c4nn[nH]n4)cc3)ccc2c1)C(C(=O)OC)C(C)C. The van der Waals surface area contributed by atoms with E-state index >= 15 is 0 Å². The zero-order valence-corrected chi connectivity index (χ0v) is 21.8. The van der Waals surface area contributed by atoms with Crippen LogP contribution in [0.15, 0.2) is 60.7 Å². The van der Waals surface area contributed by atoms with Crippen molar-refractivity contribution in [3.63, 3.8) is 0 Å². The van der Waals surface area contributed by atoms with Crippen LogP contribution in [0.2, 0.25) is 0 Å². The highest BCUT2D eigenvalue weighted by atomic mass is 16.5. The van der Waals surface area contributed by atoms with Crippen LogP contribution in [0, 0.1) is 5.92 Å². The van der Waals surface area contributed by atoms with E-state index in [1.165, 1.54) is 7.11 Å². The van der Waals surface area contributed by atoms with Crippen molar-refractivity contribution in [1.29, 1.82) is 0 Å². The third kappa shape index (κ3) is 6.02. The summed E-state index contributed by atoms with van der Waals surface area (Å²) in [5.41, 5.74) is 4.06. The van der Waals surface area contributed by atoms with Gasteiger partial charge in [0.15, 0.2) is 0 Å². The van der Waals surface area contributed by atoms with Crippen LogP contribution in [0.5, 0.6) is 0 Å². The lowest BCUT2D eigenvalue weighted by molar-refractivity contribution is -0.155. The number of ether oxygens (including phenoxy) is 1. The predicted molar refractivity (Wildman–Crippen MR) is 143 cm³/mol. The van der Waals surface area contributed by atoms with Crippen LogP contribution in [0.1, 0.15) is 45.6 Å². The predicted octanol–water partition coefficient (Wildman–Crippen LogP) is 5.40. The van der Waals surface area contributed by atoms with Gasteiger partial charge in [-0.2, -0.15) is 5.21 Å². The normalized spacial score (nSPS) is 12.0. The van der Waals surface area contributed by atoms with Gasteiger partial charge in [0.25, 0.3) is 0 Å². The smallest absolute Gasteiger partial charge is 0.328 e. The summed E-state index contributed by atoms with van der Waals surface area (Å²) in [5, 5.41) is 16.3. The molecule has 1 N–H and O–H groups in total. The molecule has 0 saturated heterocycles. The number of carbonyl (C=O) groups excluding carboxylic acids is 2. The zero-order valence-electron chi connectivity index (χ0n) is 21.8. The molecule has 0 aliphatic heterocycles. The van der Waals surface area contributed by atoms with Crippen molar-refractivity contribution < 1.29 is 14.3 Å². The Kier molecular flexibility index (Phi) is 8.28. The third-order valence-corrected chi connectivity index (χ3v) is 6.55. The number of carbonyl (C=O) groups is 2. The van der Waals surface area contributed by atoms with Crippen LogP contribution in [-0.2, 0) is 20.9 Å². The molecule has 0 aliphatic rings. The standard InChI is InChI=1S/C29H33N5O3/c1-5-6-7-26(35)34(27(19(2)3)29(36)37-4)18-20-8-9-25-17-24(15-14-23(25)16-20)21-10-12-22(13-11-21)28-30-32-33-31-28/h8-17,19,27H,5-7,18H2,1-4H3,(H,30,31,32,33). The lowest BCUT2D eigenvalue weighted by Gasteiger charge is -2.32. The number of amides is 1. The molecule has 1 heterocycles. The van der Waals surface area contributed by atoms with Crippen LogP contribution in [0.25, 0.3) is 33.3 Å². The van der Waals surface area contributed by atoms with Crippen molar-refractivity contribution >= 4 is 22.6 Å². The second-order valence-electron chi connectivity index (χ2n) is 9.55. The molecule has 0 fully saturated rings. The Hall–Kier alpha value is -4.07. The number of rotatable bonds is 10. The lowest BCUT2D eigenvalue weighted by atomic mass is 9.98. The number of fused-ring (bicyclic) bond motifs is 1. The van der Waals surface area contributed by atoms with E-state index in [2.05, 4.69) is 57.9 Å². The maximum Gasteiger partial charge on any atom is 0.328 e. The molecule has 4 rings (SSSR count). The van der Waals surface area contributed by atoms with E-state index < -0.39 is 6.04 Å². The lowest BCUT2D eigenvalue weighted by Crippen LogP contribution is -2.48. The molecule has 0 aliphatic carbocycles. The minimum absolute atomic E-state index is 0.0225. The second-order valence-corrected chi connectivity index (χ2v) is 9.55. The van der Waals surface area contributed by atoms with Gasteiger partial charge < -0.3 is 9.64 Å². The molecule has 192 valence electrons. The number of unbranched alkanes of at least 4 members (excludes halogenated alkanes) is 1. The largest absolute Gasteiger partial charge is 0.467 e. The summed E-state index contributed by atoms with van der Waals surface area (Å²) in [6.07, 6.45) is 2.12. The topological polar surface area (TPSA) is 101 Å². The van der Waals surface area contributed by atoms with Crippen molar-refractivity contribution in [1.82, 2.24) is 25.5 Å². The molecular formula is C29H33N5O3. The number of nitrogens with zero attached hydrogens (tertiary/aromatic N) is 4. The highest BCUT2D eigenvalue weighted by Crippen LogP contribution is 2.28. The molecule has 1 unspecified atom stereocenters. The Bertz CT molecular complexity index is 1350. The van der Waals surface area contributed by atoms with Gasteiger partial charge in [0.2, 0.25) is 11.7 Å². The Labute approximate surface area is 217 Å². The molecule has 1 aromatic heterocycles. The number of aromatic nitrogens is 4. The average Bonchev–Trinajstić information content (AvgIpc) is 3.46. The van der Waals surface area contributed by atoms with Gasteiger partial charge in [-0.3, -0.25) is 4.79 Å². The van der Waals surface area contributed by atoms with Gasteiger partial charge in [-0.05, 0) is 57.1 Å². The number of methoxy groups -OCH3 is 1. The van der Waals surface area contributed by atoms with E-state index in [1.54, 1.807) is 4.90 Å². The van der Waals surface area contributed by atoms with Gasteiger partial charge in [0, 0.05) is 18.5 Å². The van der Waals surface area contributed by atoms with Crippen LogP contribution in [0.3, 0.4) is 0 Å². The molecule has 0 spiro atoms. The third-order valence-electron chi connectivity index (χ3n) is 6.55. The van der Waals surface area contributed by atoms with Crippen molar-refractivity contribution in [2.45, 2.75) is 52.6 Å². The number of esters is 1. The Morgan fingerprint density at radius 3 is 2.27 bits per heavy atom. The maximum atomic E-state index is 13.1. The van der Waals surface area contributed by atoms with E-state index in [0.29, 0.717) is 18.8 Å². The first-order valence-corrected chi connectivity index (χ1v) is 12.7. The Balaban J connectivity index is 1.59. The summed E-state index contributed by atoms with van der Waals surface area (Å²) < 4.78 is 5.06. The number of aromatic amines is 1. The first-order chi connectivity index (χ1) is 17.9. The van der Waals surface area contributed by atoms with E-state index in [1.807, 2.05) is 44.2 Å². The number of hydrogen-bond acceptors (Lipinski definition) is 6. The summed E-state index contributed by atoms with van der Waals surface area (Å²) >= 11 is 0. The van der Waals surface area contributed by atoms with Gasteiger partial charge in [-0.25, -0.2) is 4.79 Å². The van der Waals surface area contributed by atoms with Crippen molar-refractivity contribution in [2.75, 3.05) is 7.11 Å². The van der Waals surface area contributed by atoms with Crippen LogP contribution >= 0.6 is 0 Å². The summed E-state index contributed by atoms with van der Waals surface area (Å²) in [6.45, 7) is 6.30. The number of H-pyrrole nitrogens is 1. The quantitative estimate of drug-likeness (QED) is 0.293. The first kappa shape index (κ1) is 26.0. The maximum absolute atomic E-state index is 13.1. The number of benzene rings is 3. The molecule has 37 heavy (non-hydrogen) atoms. The number of tetrazole rings is 1. The molecule has 8 nitrogen and oxygen atoms in total. The van der Waals surface area contributed by atoms with E-state index in [-0.39, 0.29) is 17.8 Å². The van der Waals surface area contributed by atoms with Gasteiger partial charge in [-0.15, -0.1) is 10.2 Å². The minimum atomic E-state index is -0.622.